The average Bonchev–Trinajstić information content (AvgIpc) is 2.86. The molecule has 1 amide bonds. The van der Waals surface area contributed by atoms with Gasteiger partial charge in [0.15, 0.2) is 5.82 Å². The van der Waals surface area contributed by atoms with Gasteiger partial charge in [0.2, 0.25) is 5.91 Å². The first-order valence-electron chi connectivity index (χ1n) is 5.74. The molecule has 8 heteroatoms. The normalized spacial score (nSPS) is 24.8. The second kappa shape index (κ2) is 3.78. The van der Waals surface area contributed by atoms with Crippen LogP contribution in [-0.2, 0) is 15.0 Å². The topological polar surface area (TPSA) is 83.1 Å². The van der Waals surface area contributed by atoms with E-state index in [-0.39, 0.29) is 13.0 Å². The van der Waals surface area contributed by atoms with Gasteiger partial charge in [0.05, 0.1) is 0 Å². The molecular formula is C10H12FN3O3S. The molecule has 98 valence electrons. The number of hydrogen-bond acceptors (Lipinski definition) is 4. The van der Waals surface area contributed by atoms with E-state index in [1.165, 1.54) is 4.90 Å². The first kappa shape index (κ1) is 11.6. The molecule has 2 aliphatic rings. The Morgan fingerprint density at radius 3 is 2.72 bits per heavy atom. The van der Waals surface area contributed by atoms with Crippen LogP contribution in [0.25, 0.3) is 0 Å². The second-order valence-corrected chi connectivity index (χ2v) is 6.38. The van der Waals surface area contributed by atoms with Gasteiger partial charge in [-0.1, -0.05) is 0 Å². The van der Waals surface area contributed by atoms with E-state index in [0.717, 1.165) is 18.5 Å². The smallest absolute Gasteiger partial charge is 0.294 e. The quantitative estimate of drug-likeness (QED) is 0.821. The summed E-state index contributed by atoms with van der Waals surface area (Å²) in [6.07, 6.45) is 1.87. The van der Waals surface area contributed by atoms with Crippen molar-refractivity contribution in [3.8, 4) is 0 Å². The molecule has 1 atom stereocenters. The fraction of sp³-hybridized carbons (Fsp3) is 0.600. The molecule has 1 N–H and O–H groups in total. The van der Waals surface area contributed by atoms with Crippen LogP contribution < -0.4 is 4.90 Å². The van der Waals surface area contributed by atoms with Gasteiger partial charge in [-0.2, -0.15) is 13.5 Å². The first-order valence-corrected chi connectivity index (χ1v) is 7.19. The summed E-state index contributed by atoms with van der Waals surface area (Å²) in [7, 11) is -4.67. The third-order valence-electron chi connectivity index (χ3n) is 3.37. The number of H-pyrrole nitrogens is 1. The fourth-order valence-electron chi connectivity index (χ4n) is 2.15. The monoisotopic (exact) mass is 273 g/mol. The van der Waals surface area contributed by atoms with Gasteiger partial charge in [-0.25, -0.2) is 0 Å². The van der Waals surface area contributed by atoms with Crippen LogP contribution in [0.15, 0.2) is 6.07 Å². The standard InChI is InChI=1S/C10H12FN3O3S/c11-18(16,17)7-3-10(15)14(5-7)9-4-8(12-13-9)6-1-2-6/h4,6-7H,1-3,5H2,(H,12,13). The lowest BCUT2D eigenvalue weighted by Gasteiger charge is -2.11. The summed E-state index contributed by atoms with van der Waals surface area (Å²) in [5, 5.41) is 5.55. The Kier molecular flexibility index (Phi) is 2.44. The number of halogens is 1. The lowest BCUT2D eigenvalue weighted by atomic mass is 10.3. The van der Waals surface area contributed by atoms with Gasteiger partial charge in [-0.15, -0.1) is 3.89 Å². The zero-order valence-electron chi connectivity index (χ0n) is 9.47. The Hall–Kier alpha value is -1.44. The van der Waals surface area contributed by atoms with E-state index in [1.807, 2.05) is 0 Å². The zero-order chi connectivity index (χ0) is 12.9. The highest BCUT2D eigenvalue weighted by atomic mass is 32.3. The molecule has 2 fully saturated rings. The van der Waals surface area contributed by atoms with Crippen molar-refractivity contribution < 1.29 is 17.1 Å². The molecule has 6 nitrogen and oxygen atoms in total. The molecule has 0 radical (unpaired) electrons. The van der Waals surface area contributed by atoms with Crippen LogP contribution in [0, 0.1) is 0 Å². The van der Waals surface area contributed by atoms with Crippen molar-refractivity contribution in [2.75, 3.05) is 11.4 Å². The number of carbonyl (C=O) groups is 1. The molecule has 1 saturated carbocycles. The highest BCUT2D eigenvalue weighted by Gasteiger charge is 2.40. The summed E-state index contributed by atoms with van der Waals surface area (Å²) < 4.78 is 34.5. The summed E-state index contributed by atoms with van der Waals surface area (Å²) >= 11 is 0. The van der Waals surface area contributed by atoms with Crippen LogP contribution in [0.4, 0.5) is 9.70 Å². The van der Waals surface area contributed by atoms with E-state index >= 15 is 0 Å². The summed E-state index contributed by atoms with van der Waals surface area (Å²) in [4.78, 5) is 12.9. The lowest BCUT2D eigenvalue weighted by Crippen LogP contribution is -2.27. The minimum absolute atomic E-state index is 0.160. The molecule has 1 aliphatic carbocycles. The predicted molar refractivity (Wildman–Crippen MR) is 61.3 cm³/mol. The highest BCUT2D eigenvalue weighted by Crippen LogP contribution is 2.40. The number of nitrogens with one attached hydrogen (secondary N) is 1. The van der Waals surface area contributed by atoms with Crippen molar-refractivity contribution in [2.45, 2.75) is 30.4 Å². The maximum atomic E-state index is 12.9. The van der Waals surface area contributed by atoms with E-state index in [9.17, 15) is 17.1 Å². The number of aromatic nitrogens is 2. The van der Waals surface area contributed by atoms with E-state index in [0.29, 0.717) is 11.7 Å². The molecule has 1 aromatic heterocycles. The van der Waals surface area contributed by atoms with Crippen molar-refractivity contribution in [1.29, 1.82) is 0 Å². The Labute approximate surface area is 103 Å². The summed E-state index contributed by atoms with van der Waals surface area (Å²) in [5.74, 6) is 0.438. The number of nitrogens with zero attached hydrogens (tertiary/aromatic N) is 2. The van der Waals surface area contributed by atoms with E-state index in [4.69, 9.17) is 0 Å². The number of carbonyl (C=O) groups excluding carboxylic acids is 1. The Balaban J connectivity index is 1.81. The van der Waals surface area contributed by atoms with E-state index in [1.54, 1.807) is 6.07 Å². The van der Waals surface area contributed by atoms with Crippen LogP contribution in [0.5, 0.6) is 0 Å². The summed E-state index contributed by atoms with van der Waals surface area (Å²) in [6, 6.07) is 1.74. The Morgan fingerprint density at radius 1 is 1.44 bits per heavy atom. The van der Waals surface area contributed by atoms with Crippen LogP contribution >= 0.6 is 0 Å². The number of hydrogen-bond donors (Lipinski definition) is 1. The van der Waals surface area contributed by atoms with Crippen LogP contribution in [0.2, 0.25) is 0 Å². The maximum Gasteiger partial charge on any atom is 0.307 e. The molecule has 3 rings (SSSR count). The average molecular weight is 273 g/mol. The molecule has 0 spiro atoms. The molecule has 1 unspecified atom stereocenters. The molecule has 1 aliphatic heterocycles. The molecule has 0 bridgehead atoms. The second-order valence-electron chi connectivity index (χ2n) is 4.76. The van der Waals surface area contributed by atoms with E-state index in [2.05, 4.69) is 10.2 Å². The van der Waals surface area contributed by atoms with Crippen molar-refractivity contribution >= 4 is 21.9 Å². The van der Waals surface area contributed by atoms with Gasteiger partial charge in [-0.3, -0.25) is 14.8 Å². The van der Waals surface area contributed by atoms with Crippen LogP contribution in [0.3, 0.4) is 0 Å². The number of aromatic amines is 1. The SMILES string of the molecule is O=C1CC(S(=O)(=O)F)CN1c1cc(C2CC2)[nH]n1. The number of rotatable bonds is 3. The molecule has 18 heavy (non-hydrogen) atoms. The van der Waals surface area contributed by atoms with Crippen molar-refractivity contribution in [2.24, 2.45) is 0 Å². The van der Waals surface area contributed by atoms with Gasteiger partial charge < -0.3 is 0 Å². The summed E-state index contributed by atoms with van der Waals surface area (Å²) in [6.45, 7) is -0.160. The van der Waals surface area contributed by atoms with Crippen molar-refractivity contribution in [1.82, 2.24) is 10.2 Å². The van der Waals surface area contributed by atoms with Gasteiger partial charge in [-0.05, 0) is 12.8 Å². The van der Waals surface area contributed by atoms with Gasteiger partial charge >= 0.3 is 10.2 Å². The van der Waals surface area contributed by atoms with Gasteiger partial charge in [0.1, 0.15) is 5.25 Å². The zero-order valence-corrected chi connectivity index (χ0v) is 10.3. The van der Waals surface area contributed by atoms with Crippen molar-refractivity contribution in [3.63, 3.8) is 0 Å². The Morgan fingerprint density at radius 2 is 2.17 bits per heavy atom. The highest BCUT2D eigenvalue weighted by molar-refractivity contribution is 7.87. The fourth-order valence-corrected chi connectivity index (χ4v) is 2.82. The molecule has 2 heterocycles. The van der Waals surface area contributed by atoms with Crippen molar-refractivity contribution in [3.05, 3.63) is 11.8 Å². The largest absolute Gasteiger partial charge is 0.307 e. The third-order valence-corrected chi connectivity index (χ3v) is 4.48. The predicted octanol–water partition coefficient (Wildman–Crippen LogP) is 0.692. The summed E-state index contributed by atoms with van der Waals surface area (Å²) in [5.41, 5.74) is 0.948. The number of anilines is 1. The van der Waals surface area contributed by atoms with Crippen LogP contribution in [-0.4, -0.2) is 36.3 Å². The van der Waals surface area contributed by atoms with Crippen LogP contribution in [0.1, 0.15) is 30.9 Å². The third kappa shape index (κ3) is 2.00. The molecule has 1 aromatic rings. The molecule has 0 aromatic carbocycles. The van der Waals surface area contributed by atoms with E-state index < -0.39 is 21.4 Å². The Bertz CT molecular complexity index is 593. The minimum atomic E-state index is -4.67. The first-order chi connectivity index (χ1) is 8.45. The van der Waals surface area contributed by atoms with Gasteiger partial charge in [0.25, 0.3) is 0 Å². The molecular weight excluding hydrogens is 261 g/mol. The lowest BCUT2D eigenvalue weighted by molar-refractivity contribution is -0.117. The number of amides is 1. The minimum Gasteiger partial charge on any atom is -0.294 e. The molecule has 1 saturated heterocycles. The maximum absolute atomic E-state index is 12.9. The van der Waals surface area contributed by atoms with Gasteiger partial charge in [0, 0.05) is 30.6 Å².